The van der Waals surface area contributed by atoms with E-state index in [0.717, 1.165) is 18.4 Å². The predicted molar refractivity (Wildman–Crippen MR) is 92.6 cm³/mol. The molecule has 2 rings (SSSR count). The molecule has 0 spiro atoms. The minimum Gasteiger partial charge on any atom is -0.549 e. The van der Waals surface area contributed by atoms with Gasteiger partial charge in [0.15, 0.2) is 5.16 Å². The molecule has 1 heterocycles. The Morgan fingerprint density at radius 1 is 1.38 bits per heavy atom. The Morgan fingerprint density at radius 2 is 2.08 bits per heavy atom. The Balaban J connectivity index is 2.20. The third-order valence-electron chi connectivity index (χ3n) is 3.76. The minimum atomic E-state index is -1.07. The highest BCUT2D eigenvalue weighted by molar-refractivity contribution is 8.00. The molecule has 24 heavy (non-hydrogen) atoms. The summed E-state index contributed by atoms with van der Waals surface area (Å²) in [7, 11) is 0. The fourth-order valence-electron chi connectivity index (χ4n) is 2.37. The molecule has 1 aromatic heterocycles. The van der Waals surface area contributed by atoms with E-state index in [0.29, 0.717) is 23.8 Å². The van der Waals surface area contributed by atoms with Gasteiger partial charge in [-0.2, -0.15) is 0 Å². The molecule has 0 unspecified atom stereocenters. The Labute approximate surface area is 146 Å². The number of carboxylic acid groups (broad SMARTS) is 1. The molecule has 0 aliphatic rings. The second-order valence-corrected chi connectivity index (χ2v) is 7.02. The molecular weight excluding hydrogens is 324 g/mol. The summed E-state index contributed by atoms with van der Waals surface area (Å²) < 4.78 is 1.89. The van der Waals surface area contributed by atoms with E-state index in [-0.39, 0.29) is 6.61 Å². The van der Waals surface area contributed by atoms with Crippen LogP contribution in [-0.4, -0.2) is 25.9 Å². The molecule has 1 N–H and O–H groups in total. The fraction of sp³-hybridized carbons (Fsp3) is 0.444. The number of aromatic nitrogens is 2. The molecule has 6 heteroatoms. The van der Waals surface area contributed by atoms with E-state index in [1.807, 2.05) is 42.7 Å². The molecular formula is C18H23N2O3S-. The Morgan fingerprint density at radius 3 is 2.67 bits per heavy atom. The van der Waals surface area contributed by atoms with E-state index in [2.05, 4.69) is 4.98 Å². The number of aliphatic hydroxyl groups is 1. The second-order valence-electron chi connectivity index (χ2n) is 5.85. The average molecular weight is 347 g/mol. The van der Waals surface area contributed by atoms with Gasteiger partial charge >= 0.3 is 0 Å². The molecule has 130 valence electrons. The van der Waals surface area contributed by atoms with Crippen molar-refractivity contribution in [2.45, 2.75) is 56.7 Å². The molecule has 2 aromatic rings. The number of benzene rings is 1. The van der Waals surface area contributed by atoms with Crippen LogP contribution in [0, 0.1) is 6.92 Å². The number of hydrogen-bond acceptors (Lipinski definition) is 5. The van der Waals surface area contributed by atoms with Crippen LogP contribution in [0.3, 0.4) is 0 Å². The van der Waals surface area contributed by atoms with Gasteiger partial charge in [0.2, 0.25) is 0 Å². The van der Waals surface area contributed by atoms with Gasteiger partial charge in [0.1, 0.15) is 0 Å². The number of carboxylic acids is 1. The maximum Gasteiger partial charge on any atom is 0.169 e. The molecule has 1 aromatic carbocycles. The van der Waals surface area contributed by atoms with Crippen LogP contribution in [-0.2, 0) is 17.9 Å². The van der Waals surface area contributed by atoms with Gasteiger partial charge in [0, 0.05) is 12.7 Å². The van der Waals surface area contributed by atoms with Crippen molar-refractivity contribution in [1.29, 1.82) is 0 Å². The maximum atomic E-state index is 11.4. The molecule has 5 nitrogen and oxygen atoms in total. The third-order valence-corrected chi connectivity index (χ3v) is 5.01. The van der Waals surface area contributed by atoms with Crippen LogP contribution in [0.25, 0.3) is 0 Å². The van der Waals surface area contributed by atoms with Crippen LogP contribution in [0.1, 0.15) is 43.0 Å². The van der Waals surface area contributed by atoms with Crippen LogP contribution >= 0.6 is 11.8 Å². The SMILES string of the molecule is CCCC[C@H](Sc1nc(CO)cn1Cc1ccc(C)cc1)C(=O)[O-]. The van der Waals surface area contributed by atoms with Crippen LogP contribution in [0.15, 0.2) is 35.6 Å². The summed E-state index contributed by atoms with van der Waals surface area (Å²) in [6.07, 6.45) is 4.09. The first-order chi connectivity index (χ1) is 11.5. The van der Waals surface area contributed by atoms with E-state index in [1.165, 1.54) is 17.3 Å². The van der Waals surface area contributed by atoms with Gasteiger partial charge in [0.05, 0.1) is 23.5 Å². The van der Waals surface area contributed by atoms with Gasteiger partial charge in [-0.3, -0.25) is 0 Å². The number of hydrogen-bond donors (Lipinski definition) is 1. The van der Waals surface area contributed by atoms with Crippen molar-refractivity contribution in [2.75, 3.05) is 0 Å². The number of unbranched alkanes of at least 4 members (excludes halogenated alkanes) is 1. The van der Waals surface area contributed by atoms with Crippen molar-refractivity contribution in [1.82, 2.24) is 9.55 Å². The maximum absolute atomic E-state index is 11.4. The van der Waals surface area contributed by atoms with Crippen molar-refractivity contribution in [3.8, 4) is 0 Å². The van der Waals surface area contributed by atoms with Crippen molar-refractivity contribution >= 4 is 17.7 Å². The summed E-state index contributed by atoms with van der Waals surface area (Å²) in [6.45, 7) is 4.48. The van der Waals surface area contributed by atoms with Crippen LogP contribution < -0.4 is 5.11 Å². The van der Waals surface area contributed by atoms with Crippen LogP contribution in [0.2, 0.25) is 0 Å². The van der Waals surface area contributed by atoms with E-state index >= 15 is 0 Å². The first kappa shape index (κ1) is 18.5. The number of imidazole rings is 1. The molecule has 0 aliphatic carbocycles. The number of aliphatic hydroxyl groups excluding tert-OH is 1. The Hall–Kier alpha value is -1.79. The zero-order chi connectivity index (χ0) is 17.5. The lowest BCUT2D eigenvalue weighted by atomic mass is 10.1. The monoisotopic (exact) mass is 347 g/mol. The predicted octanol–water partition coefficient (Wildman–Crippen LogP) is 2.13. The standard InChI is InChI=1S/C18H24N2O3S/c1-3-4-5-16(17(22)23)24-18-19-15(12-21)11-20(18)10-14-8-6-13(2)7-9-14/h6-9,11,16,21H,3-5,10,12H2,1-2H3,(H,22,23)/p-1/t16-/m0/s1. The smallest absolute Gasteiger partial charge is 0.169 e. The number of aliphatic carboxylic acids is 1. The molecule has 1 atom stereocenters. The number of thioether (sulfide) groups is 1. The molecule has 0 fully saturated rings. The van der Waals surface area contributed by atoms with Gasteiger partial charge in [-0.05, 0) is 18.9 Å². The average Bonchev–Trinajstić information content (AvgIpc) is 2.95. The minimum absolute atomic E-state index is 0.167. The van der Waals surface area contributed by atoms with E-state index in [4.69, 9.17) is 0 Å². The zero-order valence-corrected chi connectivity index (χ0v) is 14.9. The van der Waals surface area contributed by atoms with E-state index in [9.17, 15) is 15.0 Å². The normalized spacial score (nSPS) is 12.3. The largest absolute Gasteiger partial charge is 0.549 e. The molecule has 0 aliphatic heterocycles. The summed E-state index contributed by atoms with van der Waals surface area (Å²) in [5.74, 6) is -1.07. The van der Waals surface area contributed by atoms with Gasteiger partial charge in [0.25, 0.3) is 0 Å². The first-order valence-electron chi connectivity index (χ1n) is 8.13. The van der Waals surface area contributed by atoms with E-state index in [1.54, 1.807) is 6.20 Å². The fourth-order valence-corrected chi connectivity index (χ4v) is 3.42. The molecule has 0 amide bonds. The summed E-state index contributed by atoms with van der Waals surface area (Å²) in [6, 6.07) is 8.15. The van der Waals surface area contributed by atoms with E-state index < -0.39 is 11.2 Å². The summed E-state index contributed by atoms with van der Waals surface area (Å²) in [5, 5.41) is 20.7. The quantitative estimate of drug-likeness (QED) is 0.703. The van der Waals surface area contributed by atoms with Gasteiger partial charge in [-0.25, -0.2) is 4.98 Å². The summed E-state index contributed by atoms with van der Waals surface area (Å²) >= 11 is 1.20. The number of nitrogens with zero attached hydrogens (tertiary/aromatic N) is 2. The van der Waals surface area contributed by atoms with Crippen molar-refractivity contribution < 1.29 is 15.0 Å². The second kappa shape index (κ2) is 8.89. The number of rotatable bonds is 9. The lowest BCUT2D eigenvalue weighted by molar-refractivity contribution is -0.304. The summed E-state index contributed by atoms with van der Waals surface area (Å²) in [5.41, 5.74) is 2.83. The molecule has 0 radical (unpaired) electrons. The number of aryl methyl sites for hydroxylation is 1. The Kier molecular flexibility index (Phi) is 6.87. The molecule has 0 saturated heterocycles. The highest BCUT2D eigenvalue weighted by Crippen LogP contribution is 2.27. The van der Waals surface area contributed by atoms with Crippen molar-refractivity contribution in [3.05, 3.63) is 47.3 Å². The highest BCUT2D eigenvalue weighted by atomic mass is 32.2. The van der Waals surface area contributed by atoms with Gasteiger partial charge in [-0.1, -0.05) is 61.4 Å². The van der Waals surface area contributed by atoms with Crippen molar-refractivity contribution in [3.63, 3.8) is 0 Å². The van der Waals surface area contributed by atoms with Crippen molar-refractivity contribution in [2.24, 2.45) is 0 Å². The lowest BCUT2D eigenvalue weighted by Crippen LogP contribution is -2.33. The third kappa shape index (κ3) is 5.11. The lowest BCUT2D eigenvalue weighted by Gasteiger charge is -2.17. The molecule has 0 saturated carbocycles. The van der Waals surface area contributed by atoms with Crippen LogP contribution in [0.5, 0.6) is 0 Å². The van der Waals surface area contributed by atoms with Gasteiger partial charge < -0.3 is 19.6 Å². The zero-order valence-electron chi connectivity index (χ0n) is 14.1. The highest BCUT2D eigenvalue weighted by Gasteiger charge is 2.17. The Bertz CT molecular complexity index is 667. The van der Waals surface area contributed by atoms with Gasteiger partial charge in [-0.15, -0.1) is 0 Å². The topological polar surface area (TPSA) is 78.2 Å². The first-order valence-corrected chi connectivity index (χ1v) is 9.01. The number of carbonyl (C=O) groups excluding carboxylic acids is 1. The summed E-state index contributed by atoms with van der Waals surface area (Å²) in [4.78, 5) is 15.7. The van der Waals surface area contributed by atoms with Crippen LogP contribution in [0.4, 0.5) is 0 Å². The number of carbonyl (C=O) groups is 1. The molecule has 0 bridgehead atoms.